The van der Waals surface area contributed by atoms with Crippen molar-refractivity contribution in [2.75, 3.05) is 39.1 Å². The molecule has 2 N–H and O–H groups in total. The van der Waals surface area contributed by atoms with Gasteiger partial charge in [0.15, 0.2) is 5.96 Å². The van der Waals surface area contributed by atoms with Gasteiger partial charge in [-0.3, -0.25) is 9.79 Å². The molecule has 7 heteroatoms. The van der Waals surface area contributed by atoms with E-state index in [1.807, 2.05) is 14.1 Å². The van der Waals surface area contributed by atoms with Crippen molar-refractivity contribution in [3.05, 3.63) is 29.8 Å². The van der Waals surface area contributed by atoms with Crippen molar-refractivity contribution in [1.82, 2.24) is 15.5 Å². The molecule has 162 valence electrons. The molecule has 0 radical (unpaired) electrons. The molecule has 1 heterocycles. The van der Waals surface area contributed by atoms with E-state index in [1.54, 1.807) is 7.05 Å². The SMILES string of the molecule is CN=C(NCc1cccc(N(C)C)c1)NC1CCN(C(=O)C2CCCCC2)C1.I. The van der Waals surface area contributed by atoms with Gasteiger partial charge < -0.3 is 20.4 Å². The summed E-state index contributed by atoms with van der Waals surface area (Å²) < 4.78 is 0. The van der Waals surface area contributed by atoms with Crippen LogP contribution in [-0.4, -0.2) is 57.0 Å². The van der Waals surface area contributed by atoms with Gasteiger partial charge in [-0.25, -0.2) is 0 Å². The van der Waals surface area contributed by atoms with Crippen molar-refractivity contribution in [1.29, 1.82) is 0 Å². The van der Waals surface area contributed by atoms with Gasteiger partial charge in [0, 0.05) is 58.4 Å². The molecule has 0 bridgehead atoms. The summed E-state index contributed by atoms with van der Waals surface area (Å²) >= 11 is 0. The van der Waals surface area contributed by atoms with E-state index in [2.05, 4.69) is 49.7 Å². The van der Waals surface area contributed by atoms with E-state index in [4.69, 9.17) is 0 Å². The molecule has 2 aliphatic rings. The molecule has 0 aromatic heterocycles. The molecular weight excluding hydrogens is 477 g/mol. The first kappa shape index (κ1) is 23.8. The highest BCUT2D eigenvalue weighted by atomic mass is 127. The Hall–Kier alpha value is -1.51. The standard InChI is InChI=1S/C22H35N5O.HI/c1-23-22(24-15-17-8-7-11-20(14-17)26(2)3)25-19-12-13-27(16-19)21(28)18-9-5-4-6-10-18;/h7-8,11,14,18-19H,4-6,9-10,12-13,15-16H2,1-3H3,(H2,23,24,25);1H. The van der Waals surface area contributed by atoms with E-state index in [1.165, 1.54) is 30.5 Å². The minimum Gasteiger partial charge on any atom is -0.378 e. The zero-order valence-corrected chi connectivity index (χ0v) is 20.3. The predicted molar refractivity (Wildman–Crippen MR) is 131 cm³/mol. The van der Waals surface area contributed by atoms with E-state index in [9.17, 15) is 4.79 Å². The smallest absolute Gasteiger partial charge is 0.225 e. The molecule has 1 saturated heterocycles. The minimum absolute atomic E-state index is 0. The fourth-order valence-corrected chi connectivity index (χ4v) is 4.20. The molecule has 1 aromatic rings. The maximum Gasteiger partial charge on any atom is 0.225 e. The molecule has 1 aromatic carbocycles. The summed E-state index contributed by atoms with van der Waals surface area (Å²) in [5.74, 6) is 1.42. The third-order valence-electron chi connectivity index (χ3n) is 5.91. The summed E-state index contributed by atoms with van der Waals surface area (Å²) in [4.78, 5) is 21.3. The van der Waals surface area contributed by atoms with Crippen molar-refractivity contribution in [2.24, 2.45) is 10.9 Å². The summed E-state index contributed by atoms with van der Waals surface area (Å²) in [5.41, 5.74) is 2.41. The average Bonchev–Trinajstić information content (AvgIpc) is 3.20. The number of halogens is 1. The minimum atomic E-state index is 0. The van der Waals surface area contributed by atoms with Gasteiger partial charge in [-0.1, -0.05) is 31.4 Å². The Morgan fingerprint density at radius 2 is 1.97 bits per heavy atom. The van der Waals surface area contributed by atoms with Crippen molar-refractivity contribution in [3.63, 3.8) is 0 Å². The van der Waals surface area contributed by atoms with Crippen LogP contribution in [0.25, 0.3) is 0 Å². The maximum atomic E-state index is 12.7. The lowest BCUT2D eigenvalue weighted by Gasteiger charge is -2.26. The number of amides is 1. The van der Waals surface area contributed by atoms with Crippen LogP contribution in [0, 0.1) is 5.92 Å². The Morgan fingerprint density at radius 3 is 2.66 bits per heavy atom. The largest absolute Gasteiger partial charge is 0.378 e. The number of guanidine groups is 1. The zero-order chi connectivity index (χ0) is 19.9. The van der Waals surface area contributed by atoms with E-state index in [0.717, 1.165) is 44.9 Å². The first-order valence-corrected chi connectivity index (χ1v) is 10.6. The summed E-state index contributed by atoms with van der Waals surface area (Å²) in [6.45, 7) is 2.36. The number of carbonyl (C=O) groups is 1. The lowest BCUT2D eigenvalue weighted by Crippen LogP contribution is -2.45. The summed E-state index contributed by atoms with van der Waals surface area (Å²) in [6.07, 6.45) is 6.82. The summed E-state index contributed by atoms with van der Waals surface area (Å²) in [7, 11) is 5.90. The second-order valence-electron chi connectivity index (χ2n) is 8.24. The molecule has 6 nitrogen and oxygen atoms in total. The molecule has 1 atom stereocenters. The monoisotopic (exact) mass is 513 g/mol. The molecule has 1 aliphatic carbocycles. The van der Waals surface area contributed by atoms with Crippen LogP contribution in [0.15, 0.2) is 29.3 Å². The van der Waals surface area contributed by atoms with E-state index in [0.29, 0.717) is 5.91 Å². The summed E-state index contributed by atoms with van der Waals surface area (Å²) in [5, 5.41) is 6.90. The number of rotatable bonds is 5. The topological polar surface area (TPSA) is 60.0 Å². The number of hydrogen-bond acceptors (Lipinski definition) is 3. The van der Waals surface area contributed by atoms with Gasteiger partial charge in [-0.2, -0.15) is 0 Å². The van der Waals surface area contributed by atoms with Gasteiger partial charge in [0.1, 0.15) is 0 Å². The number of aliphatic imine (C=N–C) groups is 1. The molecule has 1 aliphatic heterocycles. The van der Waals surface area contributed by atoms with Crippen LogP contribution < -0.4 is 15.5 Å². The van der Waals surface area contributed by atoms with E-state index in [-0.39, 0.29) is 35.9 Å². The van der Waals surface area contributed by atoms with Gasteiger partial charge >= 0.3 is 0 Å². The fraction of sp³-hybridized carbons (Fsp3) is 0.636. The number of nitrogens with zero attached hydrogens (tertiary/aromatic N) is 3. The second-order valence-corrected chi connectivity index (χ2v) is 8.24. The van der Waals surface area contributed by atoms with Crippen LogP contribution in [0.3, 0.4) is 0 Å². The molecule has 3 rings (SSSR count). The predicted octanol–water partition coefficient (Wildman–Crippen LogP) is 3.22. The Morgan fingerprint density at radius 1 is 1.21 bits per heavy atom. The Balaban J connectivity index is 0.00000300. The first-order valence-electron chi connectivity index (χ1n) is 10.6. The van der Waals surface area contributed by atoms with Gasteiger partial charge in [0.2, 0.25) is 5.91 Å². The highest BCUT2D eigenvalue weighted by molar-refractivity contribution is 14.0. The van der Waals surface area contributed by atoms with E-state index < -0.39 is 0 Å². The van der Waals surface area contributed by atoms with Crippen LogP contribution >= 0.6 is 24.0 Å². The molecule has 1 unspecified atom stereocenters. The van der Waals surface area contributed by atoms with Gasteiger partial charge in [0.25, 0.3) is 0 Å². The molecule has 1 amide bonds. The Labute approximate surface area is 192 Å². The molecule has 2 fully saturated rings. The number of hydrogen-bond donors (Lipinski definition) is 2. The van der Waals surface area contributed by atoms with Crippen molar-refractivity contribution < 1.29 is 4.79 Å². The highest BCUT2D eigenvalue weighted by Crippen LogP contribution is 2.26. The van der Waals surface area contributed by atoms with Crippen LogP contribution in [-0.2, 0) is 11.3 Å². The second kappa shape index (κ2) is 11.6. The molecule has 29 heavy (non-hydrogen) atoms. The van der Waals surface area contributed by atoms with E-state index >= 15 is 0 Å². The molecule has 1 saturated carbocycles. The van der Waals surface area contributed by atoms with Crippen molar-refractivity contribution in [3.8, 4) is 0 Å². The molecular formula is C22H36IN5O. The normalized spacial score (nSPS) is 20.2. The Bertz CT molecular complexity index is 688. The fourth-order valence-electron chi connectivity index (χ4n) is 4.20. The van der Waals surface area contributed by atoms with Crippen molar-refractivity contribution >= 4 is 41.5 Å². The van der Waals surface area contributed by atoms with Gasteiger partial charge in [-0.05, 0) is 37.0 Å². The number of nitrogens with one attached hydrogen (secondary N) is 2. The summed E-state index contributed by atoms with van der Waals surface area (Å²) in [6, 6.07) is 8.75. The number of likely N-dealkylation sites (tertiary alicyclic amines) is 1. The van der Waals surface area contributed by atoms with Crippen LogP contribution in [0.2, 0.25) is 0 Å². The van der Waals surface area contributed by atoms with Crippen LogP contribution in [0.5, 0.6) is 0 Å². The lowest BCUT2D eigenvalue weighted by molar-refractivity contribution is -0.135. The number of carbonyl (C=O) groups excluding carboxylic acids is 1. The third kappa shape index (κ3) is 6.76. The van der Waals surface area contributed by atoms with Gasteiger partial charge in [-0.15, -0.1) is 24.0 Å². The molecule has 0 spiro atoms. The highest BCUT2D eigenvalue weighted by Gasteiger charge is 2.31. The Kier molecular flexibility index (Phi) is 9.52. The van der Waals surface area contributed by atoms with Crippen LogP contribution in [0.1, 0.15) is 44.1 Å². The zero-order valence-electron chi connectivity index (χ0n) is 18.0. The average molecular weight is 513 g/mol. The quantitative estimate of drug-likeness (QED) is 0.361. The van der Waals surface area contributed by atoms with Crippen molar-refractivity contribution in [2.45, 2.75) is 51.1 Å². The number of benzene rings is 1. The maximum absolute atomic E-state index is 12.7. The number of anilines is 1. The first-order chi connectivity index (χ1) is 13.6. The van der Waals surface area contributed by atoms with Gasteiger partial charge in [0.05, 0.1) is 0 Å². The van der Waals surface area contributed by atoms with Crippen LogP contribution in [0.4, 0.5) is 5.69 Å². The third-order valence-corrected chi connectivity index (χ3v) is 5.91. The lowest BCUT2D eigenvalue weighted by atomic mass is 9.88.